The third-order valence-corrected chi connectivity index (χ3v) is 9.89. The zero-order valence-corrected chi connectivity index (χ0v) is 26.7. The molecule has 1 aromatic rings. The van der Waals surface area contributed by atoms with Gasteiger partial charge < -0.3 is 14.6 Å². The van der Waals surface area contributed by atoms with Gasteiger partial charge in [-0.15, -0.1) is 0 Å². The molecule has 0 heterocycles. The van der Waals surface area contributed by atoms with Crippen LogP contribution in [0, 0.1) is 17.8 Å². The van der Waals surface area contributed by atoms with Crippen LogP contribution in [0.5, 0.6) is 5.75 Å². The van der Waals surface area contributed by atoms with Gasteiger partial charge in [-0.05, 0) is 86.3 Å². The van der Waals surface area contributed by atoms with E-state index >= 15 is 0 Å². The molecule has 4 heteroatoms. The molecule has 1 aromatic carbocycles. The number of esters is 1. The summed E-state index contributed by atoms with van der Waals surface area (Å²) < 4.78 is 11.5. The summed E-state index contributed by atoms with van der Waals surface area (Å²) in [7, 11) is 0. The lowest BCUT2D eigenvalue weighted by Gasteiger charge is -2.32. The zero-order valence-electron chi connectivity index (χ0n) is 26.7. The summed E-state index contributed by atoms with van der Waals surface area (Å²) in [5.74, 6) is 2.78. The molecule has 1 N–H and O–H groups in total. The van der Waals surface area contributed by atoms with Gasteiger partial charge in [-0.25, -0.2) is 4.79 Å². The van der Waals surface area contributed by atoms with Crippen LogP contribution in [0.15, 0.2) is 18.2 Å². The average Bonchev–Trinajstić information content (AvgIpc) is 3.38. The predicted molar refractivity (Wildman–Crippen MR) is 170 cm³/mol. The van der Waals surface area contributed by atoms with Crippen molar-refractivity contribution in [2.45, 2.75) is 161 Å². The van der Waals surface area contributed by atoms with E-state index in [1.54, 1.807) is 0 Å². The van der Waals surface area contributed by atoms with Crippen LogP contribution in [-0.2, 0) is 22.4 Å². The van der Waals surface area contributed by atoms with E-state index in [2.05, 4.69) is 26.0 Å². The van der Waals surface area contributed by atoms with Crippen LogP contribution in [0.1, 0.15) is 153 Å². The minimum absolute atomic E-state index is 0.00134. The van der Waals surface area contributed by atoms with Crippen LogP contribution in [0.2, 0.25) is 0 Å². The molecule has 0 unspecified atom stereocenters. The Hall–Kier alpha value is -1.55. The lowest BCUT2D eigenvalue weighted by Crippen LogP contribution is -2.26. The number of hydrogen-bond acceptors (Lipinski definition) is 4. The first-order valence-corrected chi connectivity index (χ1v) is 17.7. The molecule has 4 atom stereocenters. The molecule has 0 amide bonds. The number of rotatable bonds is 23. The Labute approximate surface area is 252 Å². The molecule has 1 saturated carbocycles. The number of unbranched alkanes of at least 4 members (excludes halogenated alkanes) is 13. The molecule has 0 aromatic heterocycles. The van der Waals surface area contributed by atoms with E-state index < -0.39 is 0 Å². The highest BCUT2D eigenvalue weighted by molar-refractivity contribution is 5.71. The minimum Gasteiger partial charge on any atom is -0.482 e. The number of carbonyl (C=O) groups excluding carboxylic acids is 1. The molecule has 0 bridgehead atoms. The Balaban J connectivity index is 1.28. The summed E-state index contributed by atoms with van der Waals surface area (Å²) in [6, 6.07) is 6.35. The summed E-state index contributed by atoms with van der Waals surface area (Å²) >= 11 is 0. The topological polar surface area (TPSA) is 55.8 Å². The molecule has 0 aliphatic heterocycles. The summed E-state index contributed by atoms with van der Waals surface area (Å²) in [6.45, 7) is 5.00. The number of carbonyl (C=O) groups is 1. The predicted octanol–water partition coefficient (Wildman–Crippen LogP) is 9.77. The molecular formula is C37H62O4. The van der Waals surface area contributed by atoms with Gasteiger partial charge in [0.15, 0.2) is 6.61 Å². The number of benzene rings is 1. The molecule has 1 fully saturated rings. The van der Waals surface area contributed by atoms with E-state index in [0.29, 0.717) is 12.5 Å². The maximum atomic E-state index is 12.4. The van der Waals surface area contributed by atoms with E-state index in [4.69, 9.17) is 9.47 Å². The molecule has 0 saturated heterocycles. The normalized spacial score (nSPS) is 20.4. The summed E-state index contributed by atoms with van der Waals surface area (Å²) in [5, 5.41) is 10.4. The highest BCUT2D eigenvalue weighted by atomic mass is 16.6. The highest BCUT2D eigenvalue weighted by Crippen LogP contribution is 2.48. The van der Waals surface area contributed by atoms with E-state index in [-0.39, 0.29) is 18.7 Å². The third kappa shape index (κ3) is 12.7. The lowest BCUT2D eigenvalue weighted by molar-refractivity contribution is -0.146. The second kappa shape index (κ2) is 20.4. The summed E-state index contributed by atoms with van der Waals surface area (Å²) in [4.78, 5) is 12.4. The Morgan fingerprint density at radius 3 is 2.20 bits per heavy atom. The standard InChI is InChI=1S/C37H62O4/c1-3-5-7-8-9-10-11-12-13-14-15-17-26-40-37(39)29-41-36-21-18-19-31-27-34-30(22-23-32(34)28-35(31)36)24-25-33(38)20-16-6-4-2/h18-19,21,30,32-34,38H,3-17,20,22-29H2,1-2H3/t30-,32-,33+,34-/m1/s1. The number of aliphatic hydroxyl groups excluding tert-OH is 1. The first kappa shape index (κ1) is 33.9. The van der Waals surface area contributed by atoms with Crippen molar-refractivity contribution in [2.75, 3.05) is 13.2 Å². The van der Waals surface area contributed by atoms with Gasteiger partial charge in [0.1, 0.15) is 5.75 Å². The lowest BCUT2D eigenvalue weighted by atomic mass is 9.73. The van der Waals surface area contributed by atoms with Crippen LogP contribution in [0.3, 0.4) is 0 Å². The van der Waals surface area contributed by atoms with Crippen LogP contribution in [-0.4, -0.2) is 30.4 Å². The number of ether oxygens (including phenoxy) is 2. The molecule has 2 aliphatic carbocycles. The zero-order chi connectivity index (χ0) is 29.1. The molecule has 0 radical (unpaired) electrons. The van der Waals surface area contributed by atoms with Gasteiger partial charge in [-0.3, -0.25) is 0 Å². The maximum absolute atomic E-state index is 12.4. The van der Waals surface area contributed by atoms with Crippen molar-refractivity contribution in [3.8, 4) is 5.75 Å². The number of hydrogen-bond donors (Lipinski definition) is 1. The average molecular weight is 571 g/mol. The van der Waals surface area contributed by atoms with Crippen molar-refractivity contribution < 1.29 is 19.4 Å². The van der Waals surface area contributed by atoms with Gasteiger partial charge in [-0.1, -0.05) is 116 Å². The van der Waals surface area contributed by atoms with Crippen LogP contribution >= 0.6 is 0 Å². The van der Waals surface area contributed by atoms with Crippen molar-refractivity contribution in [2.24, 2.45) is 17.8 Å². The molecule has 3 rings (SSSR count). The summed E-state index contributed by atoms with van der Waals surface area (Å²) in [5.41, 5.74) is 2.70. The summed E-state index contributed by atoms with van der Waals surface area (Å²) in [6.07, 6.45) is 26.9. The minimum atomic E-state index is -0.252. The first-order valence-electron chi connectivity index (χ1n) is 17.7. The van der Waals surface area contributed by atoms with Gasteiger partial charge in [0, 0.05) is 0 Å². The highest BCUT2D eigenvalue weighted by Gasteiger charge is 2.39. The Morgan fingerprint density at radius 1 is 0.829 bits per heavy atom. The smallest absolute Gasteiger partial charge is 0.344 e. The molecule has 0 spiro atoms. The SMILES string of the molecule is CCCCCCCCCCCCCCOC(=O)COc1cccc2c1C[C@H]1CC[C@H](CC[C@@H](O)CCCCC)[C@H]1C2. The molecular weight excluding hydrogens is 508 g/mol. The molecule has 4 nitrogen and oxygen atoms in total. The fourth-order valence-corrected chi connectivity index (χ4v) is 7.36. The van der Waals surface area contributed by atoms with Gasteiger partial charge in [-0.2, -0.15) is 0 Å². The van der Waals surface area contributed by atoms with Crippen molar-refractivity contribution in [3.63, 3.8) is 0 Å². The van der Waals surface area contributed by atoms with Crippen molar-refractivity contribution >= 4 is 5.97 Å². The van der Waals surface area contributed by atoms with Crippen molar-refractivity contribution in [1.82, 2.24) is 0 Å². The van der Waals surface area contributed by atoms with E-state index in [9.17, 15) is 9.90 Å². The third-order valence-electron chi connectivity index (χ3n) is 9.89. The monoisotopic (exact) mass is 570 g/mol. The van der Waals surface area contributed by atoms with Gasteiger partial charge in [0.25, 0.3) is 0 Å². The fraction of sp³-hybridized carbons (Fsp3) is 0.811. The van der Waals surface area contributed by atoms with Gasteiger partial charge in [0.05, 0.1) is 12.7 Å². The first-order chi connectivity index (χ1) is 20.1. The second-order valence-electron chi connectivity index (χ2n) is 13.2. The fourth-order valence-electron chi connectivity index (χ4n) is 7.36. The van der Waals surface area contributed by atoms with E-state index in [0.717, 1.165) is 69.0 Å². The number of aliphatic hydroxyl groups is 1. The van der Waals surface area contributed by atoms with E-state index in [1.807, 2.05) is 6.07 Å². The van der Waals surface area contributed by atoms with Crippen LogP contribution < -0.4 is 4.74 Å². The molecule has 41 heavy (non-hydrogen) atoms. The Kier molecular flexibility index (Phi) is 16.9. The maximum Gasteiger partial charge on any atom is 0.344 e. The Morgan fingerprint density at radius 2 is 1.49 bits per heavy atom. The van der Waals surface area contributed by atoms with Gasteiger partial charge in [0.2, 0.25) is 0 Å². The quantitative estimate of drug-likeness (QED) is 0.105. The Bertz CT molecular complexity index is 836. The molecule has 2 aliphatic rings. The van der Waals surface area contributed by atoms with E-state index in [1.165, 1.54) is 101 Å². The number of fused-ring (bicyclic) bond motifs is 2. The molecule has 234 valence electrons. The van der Waals surface area contributed by atoms with Gasteiger partial charge >= 0.3 is 5.97 Å². The largest absolute Gasteiger partial charge is 0.482 e. The van der Waals surface area contributed by atoms with Crippen molar-refractivity contribution in [3.05, 3.63) is 29.3 Å². The second-order valence-corrected chi connectivity index (χ2v) is 13.2. The van der Waals surface area contributed by atoms with Crippen molar-refractivity contribution in [1.29, 1.82) is 0 Å². The van der Waals surface area contributed by atoms with Crippen LogP contribution in [0.4, 0.5) is 0 Å². The van der Waals surface area contributed by atoms with Crippen LogP contribution in [0.25, 0.3) is 0 Å².